The van der Waals surface area contributed by atoms with Gasteiger partial charge >= 0.3 is 0 Å². The SMILES string of the molecule is C=CCOS(=O)(=O)c1ccc(C)c(C)c1. The standard InChI is InChI=1S/C11H14O3S/c1-4-7-14-15(12,13)11-6-5-9(2)10(3)8-11/h4-6,8H,1,7H2,2-3H3. The Balaban J connectivity index is 3.05. The van der Waals surface area contributed by atoms with E-state index >= 15 is 0 Å². The molecule has 0 heterocycles. The maximum absolute atomic E-state index is 11.6. The fourth-order valence-electron chi connectivity index (χ4n) is 1.08. The molecule has 0 saturated heterocycles. The third-order valence-electron chi connectivity index (χ3n) is 2.11. The molecule has 3 nitrogen and oxygen atoms in total. The molecular weight excluding hydrogens is 212 g/mol. The average molecular weight is 226 g/mol. The molecule has 0 aliphatic rings. The van der Waals surface area contributed by atoms with Crippen molar-refractivity contribution in [2.75, 3.05) is 6.61 Å². The second-order valence-corrected chi connectivity index (χ2v) is 4.89. The molecule has 1 aromatic rings. The average Bonchev–Trinajstić information content (AvgIpc) is 2.19. The second-order valence-electron chi connectivity index (χ2n) is 3.27. The van der Waals surface area contributed by atoms with Crippen LogP contribution in [-0.2, 0) is 14.3 Å². The van der Waals surface area contributed by atoms with Gasteiger partial charge in [-0.2, -0.15) is 8.42 Å². The summed E-state index contributed by atoms with van der Waals surface area (Å²) in [4.78, 5) is 0.187. The third-order valence-corrected chi connectivity index (χ3v) is 3.39. The molecule has 0 spiro atoms. The van der Waals surface area contributed by atoms with E-state index in [2.05, 4.69) is 6.58 Å². The summed E-state index contributed by atoms with van der Waals surface area (Å²) < 4.78 is 27.9. The van der Waals surface area contributed by atoms with Gasteiger partial charge < -0.3 is 0 Å². The van der Waals surface area contributed by atoms with Gasteiger partial charge in [0.2, 0.25) is 0 Å². The van der Waals surface area contributed by atoms with Crippen LogP contribution in [0.3, 0.4) is 0 Å². The molecule has 0 atom stereocenters. The van der Waals surface area contributed by atoms with Gasteiger partial charge in [0.1, 0.15) is 0 Å². The van der Waals surface area contributed by atoms with E-state index in [1.807, 2.05) is 13.8 Å². The number of hydrogen-bond acceptors (Lipinski definition) is 3. The zero-order chi connectivity index (χ0) is 11.5. The summed E-state index contributed by atoms with van der Waals surface area (Å²) in [5, 5.41) is 0. The van der Waals surface area contributed by atoms with Gasteiger partial charge in [-0.15, -0.1) is 6.58 Å². The lowest BCUT2D eigenvalue weighted by Crippen LogP contribution is -2.06. The highest BCUT2D eigenvalue weighted by Crippen LogP contribution is 2.16. The molecule has 0 bridgehead atoms. The highest BCUT2D eigenvalue weighted by atomic mass is 32.2. The minimum atomic E-state index is -3.63. The summed E-state index contributed by atoms with van der Waals surface area (Å²) in [5.41, 5.74) is 1.98. The molecule has 0 N–H and O–H groups in total. The monoisotopic (exact) mass is 226 g/mol. The predicted octanol–water partition coefficient (Wildman–Crippen LogP) is 2.19. The van der Waals surface area contributed by atoms with E-state index in [-0.39, 0.29) is 11.5 Å². The fraction of sp³-hybridized carbons (Fsp3) is 0.273. The Morgan fingerprint density at radius 2 is 2.00 bits per heavy atom. The maximum atomic E-state index is 11.6. The number of benzene rings is 1. The van der Waals surface area contributed by atoms with Gasteiger partial charge in [-0.3, -0.25) is 4.18 Å². The molecule has 0 fully saturated rings. The van der Waals surface area contributed by atoms with Crippen LogP contribution >= 0.6 is 0 Å². The van der Waals surface area contributed by atoms with Gasteiger partial charge in [-0.25, -0.2) is 0 Å². The molecular formula is C11H14O3S. The fourth-order valence-corrected chi connectivity index (χ4v) is 2.04. The zero-order valence-corrected chi connectivity index (χ0v) is 9.67. The van der Waals surface area contributed by atoms with Gasteiger partial charge in [0.25, 0.3) is 10.1 Å². The Bertz CT molecular complexity index is 461. The van der Waals surface area contributed by atoms with Crippen LogP contribution in [0.2, 0.25) is 0 Å². The molecule has 1 rings (SSSR count). The minimum Gasteiger partial charge on any atom is -0.262 e. The van der Waals surface area contributed by atoms with Crippen molar-refractivity contribution in [3.05, 3.63) is 42.0 Å². The van der Waals surface area contributed by atoms with Crippen LogP contribution in [0.1, 0.15) is 11.1 Å². The Morgan fingerprint density at radius 1 is 1.33 bits per heavy atom. The molecule has 1 aromatic carbocycles. The van der Waals surface area contributed by atoms with Crippen molar-refractivity contribution in [1.82, 2.24) is 0 Å². The van der Waals surface area contributed by atoms with Crippen LogP contribution in [0.5, 0.6) is 0 Å². The van der Waals surface area contributed by atoms with Crippen LogP contribution in [0.4, 0.5) is 0 Å². The molecule has 0 aliphatic heterocycles. The van der Waals surface area contributed by atoms with Crippen LogP contribution in [0.15, 0.2) is 35.7 Å². The van der Waals surface area contributed by atoms with Crippen LogP contribution in [0, 0.1) is 13.8 Å². The number of rotatable bonds is 4. The minimum absolute atomic E-state index is 0.00470. The Kier molecular flexibility index (Phi) is 3.66. The molecule has 15 heavy (non-hydrogen) atoms. The largest absolute Gasteiger partial charge is 0.297 e. The molecule has 0 radical (unpaired) electrons. The lowest BCUT2D eigenvalue weighted by atomic mass is 10.1. The van der Waals surface area contributed by atoms with Crippen molar-refractivity contribution < 1.29 is 12.6 Å². The quantitative estimate of drug-likeness (QED) is 0.584. The van der Waals surface area contributed by atoms with Crippen molar-refractivity contribution in [2.45, 2.75) is 18.7 Å². The van der Waals surface area contributed by atoms with E-state index < -0.39 is 10.1 Å². The predicted molar refractivity (Wildman–Crippen MR) is 59.3 cm³/mol. The summed E-state index contributed by atoms with van der Waals surface area (Å²) in [7, 11) is -3.63. The van der Waals surface area contributed by atoms with Crippen LogP contribution in [-0.4, -0.2) is 15.0 Å². The van der Waals surface area contributed by atoms with E-state index in [1.54, 1.807) is 18.2 Å². The van der Waals surface area contributed by atoms with Gasteiger partial charge in [0.05, 0.1) is 11.5 Å². The Hall–Kier alpha value is -1.13. The van der Waals surface area contributed by atoms with Crippen molar-refractivity contribution >= 4 is 10.1 Å². The molecule has 0 aromatic heterocycles. The van der Waals surface area contributed by atoms with Crippen LogP contribution in [0.25, 0.3) is 0 Å². The second kappa shape index (κ2) is 4.59. The van der Waals surface area contributed by atoms with E-state index in [0.717, 1.165) is 11.1 Å². The van der Waals surface area contributed by atoms with Crippen molar-refractivity contribution in [3.63, 3.8) is 0 Å². The zero-order valence-electron chi connectivity index (χ0n) is 8.86. The first kappa shape index (κ1) is 11.9. The third kappa shape index (κ3) is 2.91. The lowest BCUT2D eigenvalue weighted by Gasteiger charge is -2.05. The lowest BCUT2D eigenvalue weighted by molar-refractivity contribution is 0.357. The van der Waals surface area contributed by atoms with E-state index in [0.29, 0.717) is 0 Å². The van der Waals surface area contributed by atoms with E-state index in [4.69, 9.17) is 4.18 Å². The maximum Gasteiger partial charge on any atom is 0.297 e. The van der Waals surface area contributed by atoms with Gasteiger partial charge in [-0.05, 0) is 37.1 Å². The Morgan fingerprint density at radius 3 is 2.53 bits per heavy atom. The summed E-state index contributed by atoms with van der Waals surface area (Å²) in [6.07, 6.45) is 1.40. The first-order chi connectivity index (χ1) is 6.97. The van der Waals surface area contributed by atoms with Crippen molar-refractivity contribution in [3.8, 4) is 0 Å². The van der Waals surface area contributed by atoms with Gasteiger partial charge in [0.15, 0.2) is 0 Å². The van der Waals surface area contributed by atoms with Crippen molar-refractivity contribution in [2.24, 2.45) is 0 Å². The summed E-state index contributed by atoms with van der Waals surface area (Å²) in [5.74, 6) is 0. The Labute approximate surface area is 90.5 Å². The van der Waals surface area contributed by atoms with E-state index in [1.165, 1.54) is 6.08 Å². The molecule has 0 unspecified atom stereocenters. The first-order valence-electron chi connectivity index (χ1n) is 4.55. The topological polar surface area (TPSA) is 43.4 Å². The normalized spacial score (nSPS) is 11.3. The number of aryl methyl sites for hydroxylation is 2. The van der Waals surface area contributed by atoms with Gasteiger partial charge in [0, 0.05) is 0 Å². The highest BCUT2D eigenvalue weighted by Gasteiger charge is 2.14. The summed E-state index contributed by atoms with van der Waals surface area (Å²) in [6, 6.07) is 4.91. The summed E-state index contributed by atoms with van der Waals surface area (Å²) in [6.45, 7) is 7.18. The van der Waals surface area contributed by atoms with Crippen LogP contribution < -0.4 is 0 Å². The molecule has 0 amide bonds. The molecule has 0 saturated carbocycles. The smallest absolute Gasteiger partial charge is 0.262 e. The number of hydrogen-bond donors (Lipinski definition) is 0. The van der Waals surface area contributed by atoms with E-state index in [9.17, 15) is 8.42 Å². The van der Waals surface area contributed by atoms with Crippen molar-refractivity contribution in [1.29, 1.82) is 0 Å². The summed E-state index contributed by atoms with van der Waals surface area (Å²) >= 11 is 0. The molecule has 82 valence electrons. The van der Waals surface area contributed by atoms with Gasteiger partial charge in [-0.1, -0.05) is 12.1 Å². The first-order valence-corrected chi connectivity index (χ1v) is 5.96. The molecule has 0 aliphatic carbocycles. The highest BCUT2D eigenvalue weighted by molar-refractivity contribution is 7.86. The molecule has 4 heteroatoms.